The summed E-state index contributed by atoms with van der Waals surface area (Å²) in [6.07, 6.45) is 0.954. The second kappa shape index (κ2) is 4.97. The molecule has 1 aliphatic rings. The molecule has 17 heavy (non-hydrogen) atoms. The van der Waals surface area contributed by atoms with E-state index in [1.54, 1.807) is 12.1 Å². The van der Waals surface area contributed by atoms with E-state index in [-0.39, 0.29) is 11.8 Å². The van der Waals surface area contributed by atoms with Gasteiger partial charge in [0.15, 0.2) is 0 Å². The summed E-state index contributed by atoms with van der Waals surface area (Å²) in [6.45, 7) is 1.67. The average molecular weight is 233 g/mol. The lowest BCUT2D eigenvalue weighted by molar-refractivity contribution is 0.0880. The third-order valence-corrected chi connectivity index (χ3v) is 2.68. The van der Waals surface area contributed by atoms with Crippen LogP contribution < -0.4 is 16.0 Å². The predicted molar refractivity (Wildman–Crippen MR) is 65.3 cm³/mol. The summed E-state index contributed by atoms with van der Waals surface area (Å²) < 4.78 is 0. The van der Waals surface area contributed by atoms with E-state index in [0.717, 1.165) is 25.2 Å². The Labute approximate surface area is 99.6 Å². The van der Waals surface area contributed by atoms with E-state index in [4.69, 9.17) is 0 Å². The largest absolute Gasteiger partial charge is 0.384 e. The van der Waals surface area contributed by atoms with Gasteiger partial charge in [-0.05, 0) is 32.1 Å². The quantitative estimate of drug-likeness (QED) is 0.514. The van der Waals surface area contributed by atoms with Crippen LogP contribution in [0, 0.1) is 0 Å². The number of amides is 2. The lowest BCUT2D eigenvalue weighted by Crippen LogP contribution is -2.20. The molecule has 1 heterocycles. The molecule has 0 saturated heterocycles. The van der Waals surface area contributed by atoms with Crippen LogP contribution in [0.3, 0.4) is 0 Å². The van der Waals surface area contributed by atoms with Gasteiger partial charge in [0.05, 0.1) is 11.1 Å². The number of carbonyl (C=O) groups is 2. The molecule has 1 aliphatic heterocycles. The van der Waals surface area contributed by atoms with Gasteiger partial charge in [-0.25, -0.2) is 0 Å². The monoisotopic (exact) mass is 233 g/mol. The second-order valence-corrected chi connectivity index (χ2v) is 3.90. The number of nitrogens with one attached hydrogen (secondary N) is 3. The number of imide groups is 1. The summed E-state index contributed by atoms with van der Waals surface area (Å²) in [5.41, 5.74) is 1.64. The lowest BCUT2D eigenvalue weighted by atomic mass is 10.1. The minimum atomic E-state index is -0.318. The molecule has 5 heteroatoms. The minimum absolute atomic E-state index is 0.316. The SMILES string of the molecule is CNCCCNc1cccc2c1C(=O)NC2=O. The van der Waals surface area contributed by atoms with Gasteiger partial charge < -0.3 is 10.6 Å². The number of fused-ring (bicyclic) bond motifs is 1. The predicted octanol–water partition coefficient (Wildman–Crippen LogP) is 0.592. The molecule has 5 nitrogen and oxygen atoms in total. The van der Waals surface area contributed by atoms with E-state index in [2.05, 4.69) is 16.0 Å². The Kier molecular flexibility index (Phi) is 3.39. The fourth-order valence-corrected chi connectivity index (χ4v) is 1.85. The topological polar surface area (TPSA) is 70.2 Å². The van der Waals surface area contributed by atoms with Gasteiger partial charge in [0, 0.05) is 12.2 Å². The van der Waals surface area contributed by atoms with Crippen molar-refractivity contribution in [2.45, 2.75) is 6.42 Å². The second-order valence-electron chi connectivity index (χ2n) is 3.90. The van der Waals surface area contributed by atoms with Crippen LogP contribution in [0.2, 0.25) is 0 Å². The van der Waals surface area contributed by atoms with Crippen LogP contribution in [0.15, 0.2) is 18.2 Å². The first-order valence-corrected chi connectivity index (χ1v) is 5.61. The fourth-order valence-electron chi connectivity index (χ4n) is 1.85. The minimum Gasteiger partial charge on any atom is -0.384 e. The summed E-state index contributed by atoms with van der Waals surface area (Å²) in [6, 6.07) is 5.25. The fraction of sp³-hybridized carbons (Fsp3) is 0.333. The van der Waals surface area contributed by atoms with Crippen molar-refractivity contribution in [3.05, 3.63) is 29.3 Å². The van der Waals surface area contributed by atoms with Crippen LogP contribution in [0.5, 0.6) is 0 Å². The van der Waals surface area contributed by atoms with Gasteiger partial charge in [-0.1, -0.05) is 6.07 Å². The first-order chi connectivity index (χ1) is 8.24. The van der Waals surface area contributed by atoms with Crippen molar-refractivity contribution >= 4 is 17.5 Å². The molecule has 0 saturated carbocycles. The van der Waals surface area contributed by atoms with Gasteiger partial charge in [0.1, 0.15) is 0 Å². The molecule has 1 aromatic carbocycles. The molecule has 3 N–H and O–H groups in total. The smallest absolute Gasteiger partial charge is 0.261 e. The molecular formula is C12H15N3O2. The molecule has 0 unspecified atom stereocenters. The van der Waals surface area contributed by atoms with Crippen molar-refractivity contribution < 1.29 is 9.59 Å². The van der Waals surface area contributed by atoms with Gasteiger partial charge >= 0.3 is 0 Å². The Bertz CT molecular complexity index is 457. The van der Waals surface area contributed by atoms with Crippen LogP contribution in [-0.4, -0.2) is 32.0 Å². The molecule has 1 aromatic rings. The number of rotatable bonds is 5. The van der Waals surface area contributed by atoms with E-state index in [0.29, 0.717) is 11.1 Å². The third kappa shape index (κ3) is 2.29. The van der Waals surface area contributed by atoms with Crippen molar-refractivity contribution in [2.24, 2.45) is 0 Å². The van der Waals surface area contributed by atoms with E-state index in [9.17, 15) is 9.59 Å². The Morgan fingerprint density at radius 1 is 1.18 bits per heavy atom. The summed E-state index contributed by atoms with van der Waals surface area (Å²) in [5, 5.41) is 8.52. The highest BCUT2D eigenvalue weighted by Gasteiger charge is 2.28. The molecule has 2 rings (SSSR count). The number of hydrogen-bond donors (Lipinski definition) is 3. The molecule has 0 aromatic heterocycles. The van der Waals surface area contributed by atoms with E-state index in [1.165, 1.54) is 0 Å². The average Bonchev–Trinajstić information content (AvgIpc) is 2.62. The molecule has 0 aliphatic carbocycles. The van der Waals surface area contributed by atoms with Crippen LogP contribution >= 0.6 is 0 Å². The Morgan fingerprint density at radius 2 is 2.00 bits per heavy atom. The maximum atomic E-state index is 11.6. The van der Waals surface area contributed by atoms with Crippen LogP contribution in [-0.2, 0) is 0 Å². The van der Waals surface area contributed by atoms with Crippen molar-refractivity contribution in [3.8, 4) is 0 Å². The van der Waals surface area contributed by atoms with E-state index >= 15 is 0 Å². The van der Waals surface area contributed by atoms with Gasteiger partial charge in [0.25, 0.3) is 11.8 Å². The van der Waals surface area contributed by atoms with Crippen LogP contribution in [0.1, 0.15) is 27.1 Å². The van der Waals surface area contributed by atoms with E-state index < -0.39 is 0 Å². The number of carbonyl (C=O) groups excluding carboxylic acids is 2. The van der Waals surface area contributed by atoms with Crippen molar-refractivity contribution in [1.82, 2.24) is 10.6 Å². The molecule has 0 bridgehead atoms. The van der Waals surface area contributed by atoms with Gasteiger partial charge in [-0.2, -0.15) is 0 Å². The number of anilines is 1. The molecule has 0 radical (unpaired) electrons. The van der Waals surface area contributed by atoms with Crippen molar-refractivity contribution in [2.75, 3.05) is 25.5 Å². The Morgan fingerprint density at radius 3 is 2.76 bits per heavy atom. The molecule has 0 spiro atoms. The van der Waals surface area contributed by atoms with Crippen molar-refractivity contribution in [3.63, 3.8) is 0 Å². The number of benzene rings is 1. The van der Waals surface area contributed by atoms with Gasteiger partial charge in [0.2, 0.25) is 0 Å². The van der Waals surface area contributed by atoms with Gasteiger partial charge in [-0.3, -0.25) is 14.9 Å². The Hall–Kier alpha value is -1.88. The van der Waals surface area contributed by atoms with Gasteiger partial charge in [-0.15, -0.1) is 0 Å². The molecule has 2 amide bonds. The Balaban J connectivity index is 2.14. The normalized spacial score (nSPS) is 13.5. The summed E-state index contributed by atoms with van der Waals surface area (Å²) >= 11 is 0. The molecule has 0 fully saturated rings. The maximum absolute atomic E-state index is 11.6. The standard InChI is InChI=1S/C12H15N3O2/c1-13-6-3-7-14-9-5-2-4-8-10(9)12(17)15-11(8)16/h2,4-5,13-14H,3,6-7H2,1H3,(H,15,16,17). The summed E-state index contributed by atoms with van der Waals surface area (Å²) in [5.74, 6) is -0.634. The molecule has 0 atom stereocenters. The third-order valence-electron chi connectivity index (χ3n) is 2.68. The van der Waals surface area contributed by atoms with Crippen LogP contribution in [0.4, 0.5) is 5.69 Å². The highest BCUT2D eigenvalue weighted by Crippen LogP contribution is 2.23. The zero-order valence-electron chi connectivity index (χ0n) is 9.67. The van der Waals surface area contributed by atoms with Crippen molar-refractivity contribution in [1.29, 1.82) is 0 Å². The molecule has 90 valence electrons. The summed E-state index contributed by atoms with van der Waals surface area (Å²) in [4.78, 5) is 23.0. The molecular weight excluding hydrogens is 218 g/mol. The number of hydrogen-bond acceptors (Lipinski definition) is 4. The zero-order valence-corrected chi connectivity index (χ0v) is 9.67. The lowest BCUT2D eigenvalue weighted by Gasteiger charge is -2.08. The maximum Gasteiger partial charge on any atom is 0.261 e. The highest BCUT2D eigenvalue weighted by atomic mass is 16.2. The van der Waals surface area contributed by atoms with Crippen LogP contribution in [0.25, 0.3) is 0 Å². The highest BCUT2D eigenvalue weighted by molar-refractivity contribution is 6.23. The first-order valence-electron chi connectivity index (χ1n) is 5.61. The summed E-state index contributed by atoms with van der Waals surface area (Å²) in [7, 11) is 1.90. The zero-order chi connectivity index (χ0) is 12.3. The van der Waals surface area contributed by atoms with E-state index in [1.807, 2.05) is 13.1 Å². The first kappa shape index (κ1) is 11.6.